The zero-order chi connectivity index (χ0) is 15.0. The molecule has 2 aliphatic rings. The SMILES string of the molecule is CCC1(C)NC(CC(C)C)N(CC2(SC)CCC2)C1=O. The molecule has 1 heterocycles. The number of hydrogen-bond acceptors (Lipinski definition) is 3. The summed E-state index contributed by atoms with van der Waals surface area (Å²) in [7, 11) is 0. The Bertz CT molecular complexity index is 362. The van der Waals surface area contributed by atoms with Crippen LogP contribution in [0.15, 0.2) is 0 Å². The summed E-state index contributed by atoms with van der Waals surface area (Å²) < 4.78 is 0.325. The number of nitrogens with zero attached hydrogens (tertiary/aromatic N) is 1. The molecule has 1 aliphatic heterocycles. The molecule has 2 fully saturated rings. The smallest absolute Gasteiger partial charge is 0.243 e. The summed E-state index contributed by atoms with van der Waals surface area (Å²) in [6, 6.07) is 0. The molecule has 0 bridgehead atoms. The van der Waals surface area contributed by atoms with Gasteiger partial charge in [0.15, 0.2) is 0 Å². The summed E-state index contributed by atoms with van der Waals surface area (Å²) in [4.78, 5) is 15.0. The van der Waals surface area contributed by atoms with Crippen molar-refractivity contribution in [2.75, 3.05) is 12.8 Å². The minimum atomic E-state index is -0.358. The molecule has 0 spiro atoms. The van der Waals surface area contributed by atoms with Crippen molar-refractivity contribution in [1.82, 2.24) is 10.2 Å². The molecular formula is C16H30N2OS. The van der Waals surface area contributed by atoms with Crippen molar-refractivity contribution in [1.29, 1.82) is 0 Å². The number of carbonyl (C=O) groups excluding carboxylic acids is 1. The minimum Gasteiger partial charge on any atom is -0.324 e. The van der Waals surface area contributed by atoms with E-state index in [-0.39, 0.29) is 11.7 Å². The lowest BCUT2D eigenvalue weighted by molar-refractivity contribution is -0.133. The average Bonchev–Trinajstić information content (AvgIpc) is 2.57. The fourth-order valence-corrected chi connectivity index (χ4v) is 4.31. The van der Waals surface area contributed by atoms with E-state index in [0.29, 0.717) is 16.6 Å². The zero-order valence-corrected chi connectivity index (χ0v) is 14.5. The topological polar surface area (TPSA) is 32.3 Å². The van der Waals surface area contributed by atoms with Gasteiger partial charge >= 0.3 is 0 Å². The summed E-state index contributed by atoms with van der Waals surface area (Å²) in [5, 5.41) is 3.61. The molecule has 1 amide bonds. The number of carbonyl (C=O) groups is 1. The standard InChI is InChI=1S/C16H30N2OS/c1-6-15(4)14(19)18(13(17-15)10-12(2)3)11-16(20-5)8-7-9-16/h12-13,17H,6-11H2,1-5H3. The molecule has 0 aromatic heterocycles. The van der Waals surface area contributed by atoms with E-state index in [1.807, 2.05) is 11.8 Å². The van der Waals surface area contributed by atoms with Crippen LogP contribution in [0.25, 0.3) is 0 Å². The zero-order valence-electron chi connectivity index (χ0n) is 13.7. The summed E-state index contributed by atoms with van der Waals surface area (Å²) in [5.74, 6) is 0.916. The van der Waals surface area contributed by atoms with E-state index in [4.69, 9.17) is 0 Å². The van der Waals surface area contributed by atoms with Crippen molar-refractivity contribution in [2.24, 2.45) is 5.92 Å². The van der Waals surface area contributed by atoms with Gasteiger partial charge in [-0.05, 0) is 44.8 Å². The van der Waals surface area contributed by atoms with Gasteiger partial charge in [-0.1, -0.05) is 27.2 Å². The van der Waals surface area contributed by atoms with Gasteiger partial charge in [0.05, 0.1) is 11.7 Å². The average molecular weight is 298 g/mol. The fourth-order valence-electron chi connectivity index (χ4n) is 3.34. The Hall–Kier alpha value is -0.220. The number of nitrogens with one attached hydrogen (secondary N) is 1. The molecule has 0 aromatic carbocycles. The predicted octanol–water partition coefficient (Wildman–Crippen LogP) is 3.24. The number of rotatable bonds is 6. The van der Waals surface area contributed by atoms with E-state index in [2.05, 4.69) is 44.2 Å². The second kappa shape index (κ2) is 5.88. The van der Waals surface area contributed by atoms with Gasteiger partial charge in [0.2, 0.25) is 5.91 Å². The lowest BCUT2D eigenvalue weighted by atomic mass is 9.83. The van der Waals surface area contributed by atoms with E-state index < -0.39 is 0 Å². The molecule has 3 nitrogen and oxygen atoms in total. The van der Waals surface area contributed by atoms with Crippen LogP contribution in [0.3, 0.4) is 0 Å². The van der Waals surface area contributed by atoms with Crippen LogP contribution >= 0.6 is 11.8 Å². The molecule has 0 aromatic rings. The maximum absolute atomic E-state index is 12.8. The van der Waals surface area contributed by atoms with Crippen molar-refractivity contribution in [3.8, 4) is 0 Å². The van der Waals surface area contributed by atoms with E-state index in [9.17, 15) is 4.79 Å². The van der Waals surface area contributed by atoms with Gasteiger partial charge in [0.1, 0.15) is 0 Å². The third-order valence-electron chi connectivity index (χ3n) is 5.15. The monoisotopic (exact) mass is 298 g/mol. The van der Waals surface area contributed by atoms with Crippen molar-refractivity contribution < 1.29 is 4.79 Å². The number of amides is 1. The highest BCUT2D eigenvalue weighted by molar-refractivity contribution is 8.00. The molecule has 2 atom stereocenters. The third-order valence-corrected chi connectivity index (χ3v) is 6.56. The molecule has 1 N–H and O–H groups in total. The van der Waals surface area contributed by atoms with Gasteiger partial charge in [0.25, 0.3) is 0 Å². The lowest BCUT2D eigenvalue weighted by Gasteiger charge is -2.44. The third kappa shape index (κ3) is 2.87. The van der Waals surface area contributed by atoms with Crippen LogP contribution in [0.1, 0.15) is 59.8 Å². The Morgan fingerprint density at radius 2 is 2.10 bits per heavy atom. The maximum atomic E-state index is 12.8. The summed E-state index contributed by atoms with van der Waals surface area (Å²) in [6.45, 7) is 9.57. The summed E-state index contributed by atoms with van der Waals surface area (Å²) in [5.41, 5.74) is -0.358. The van der Waals surface area contributed by atoms with Gasteiger partial charge in [-0.25, -0.2) is 0 Å². The Kier molecular flexibility index (Phi) is 4.75. The van der Waals surface area contributed by atoms with Gasteiger partial charge in [-0.2, -0.15) is 11.8 Å². The van der Waals surface area contributed by atoms with Crippen molar-refractivity contribution in [3.05, 3.63) is 0 Å². The van der Waals surface area contributed by atoms with E-state index in [1.54, 1.807) is 0 Å². The summed E-state index contributed by atoms with van der Waals surface area (Å²) in [6.07, 6.45) is 8.16. The molecule has 1 saturated carbocycles. The van der Waals surface area contributed by atoms with Crippen LogP contribution in [0.4, 0.5) is 0 Å². The maximum Gasteiger partial charge on any atom is 0.243 e. The van der Waals surface area contributed by atoms with Crippen LogP contribution in [0.5, 0.6) is 0 Å². The minimum absolute atomic E-state index is 0.220. The molecular weight excluding hydrogens is 268 g/mol. The molecule has 1 aliphatic carbocycles. The van der Waals surface area contributed by atoms with Gasteiger partial charge in [-0.3, -0.25) is 10.1 Å². The first-order chi connectivity index (χ1) is 9.36. The molecule has 0 radical (unpaired) electrons. The Balaban J connectivity index is 2.15. The molecule has 4 heteroatoms. The second-order valence-electron chi connectivity index (χ2n) is 7.15. The largest absolute Gasteiger partial charge is 0.324 e. The Labute approximate surface area is 128 Å². The van der Waals surface area contributed by atoms with Crippen molar-refractivity contribution in [3.63, 3.8) is 0 Å². The van der Waals surface area contributed by atoms with Crippen LogP contribution in [-0.4, -0.2) is 40.1 Å². The highest BCUT2D eigenvalue weighted by Gasteiger charge is 2.50. The Morgan fingerprint density at radius 1 is 1.45 bits per heavy atom. The van der Waals surface area contributed by atoms with Crippen LogP contribution < -0.4 is 5.32 Å². The summed E-state index contributed by atoms with van der Waals surface area (Å²) >= 11 is 1.95. The number of hydrogen-bond donors (Lipinski definition) is 1. The van der Waals surface area contributed by atoms with E-state index in [0.717, 1.165) is 19.4 Å². The quantitative estimate of drug-likeness (QED) is 0.817. The highest BCUT2D eigenvalue weighted by Crippen LogP contribution is 2.44. The first-order valence-electron chi connectivity index (χ1n) is 8.00. The second-order valence-corrected chi connectivity index (χ2v) is 8.42. The van der Waals surface area contributed by atoms with E-state index in [1.165, 1.54) is 19.3 Å². The molecule has 2 rings (SSSR count). The number of thioether (sulfide) groups is 1. The first-order valence-corrected chi connectivity index (χ1v) is 9.22. The van der Waals surface area contributed by atoms with Crippen molar-refractivity contribution >= 4 is 17.7 Å². The Morgan fingerprint density at radius 3 is 2.50 bits per heavy atom. The fraction of sp³-hybridized carbons (Fsp3) is 0.938. The molecule has 20 heavy (non-hydrogen) atoms. The molecule has 1 saturated heterocycles. The van der Waals surface area contributed by atoms with Gasteiger partial charge in [-0.15, -0.1) is 0 Å². The highest BCUT2D eigenvalue weighted by atomic mass is 32.2. The van der Waals surface area contributed by atoms with Gasteiger partial charge in [0, 0.05) is 11.3 Å². The van der Waals surface area contributed by atoms with Crippen LogP contribution in [-0.2, 0) is 4.79 Å². The normalized spacial score (nSPS) is 32.8. The van der Waals surface area contributed by atoms with E-state index >= 15 is 0 Å². The first kappa shape index (κ1) is 16.2. The lowest BCUT2D eigenvalue weighted by Crippen LogP contribution is -2.50. The van der Waals surface area contributed by atoms with Crippen LogP contribution in [0.2, 0.25) is 0 Å². The van der Waals surface area contributed by atoms with Gasteiger partial charge < -0.3 is 4.90 Å². The van der Waals surface area contributed by atoms with Crippen LogP contribution in [0, 0.1) is 5.92 Å². The predicted molar refractivity (Wildman–Crippen MR) is 86.9 cm³/mol. The molecule has 116 valence electrons. The van der Waals surface area contributed by atoms with Crippen molar-refractivity contribution in [2.45, 2.75) is 76.3 Å². The molecule has 2 unspecified atom stereocenters.